The van der Waals surface area contributed by atoms with Crippen LogP contribution >= 0.6 is 0 Å². The normalized spacial score (nSPS) is 14.5. The van der Waals surface area contributed by atoms with E-state index in [1.54, 1.807) is 13.8 Å². The Kier molecular flexibility index (Phi) is 8.44. The molecule has 25 heavy (non-hydrogen) atoms. The van der Waals surface area contributed by atoms with Crippen LogP contribution in [0.1, 0.15) is 52.9 Å². The maximum absolute atomic E-state index is 13.7. The molecule has 0 aromatic carbocycles. The molecule has 0 radical (unpaired) electrons. The molecule has 0 aromatic heterocycles. The third kappa shape index (κ3) is 11.8. The predicted octanol–water partition coefficient (Wildman–Crippen LogP) is 5.91. The van der Waals surface area contributed by atoms with Gasteiger partial charge in [-0.05, 0) is 25.7 Å². The molecule has 0 spiro atoms. The second-order valence-electron chi connectivity index (χ2n) is 6.66. The highest BCUT2D eigenvalue weighted by atomic mass is 19.4. The highest BCUT2D eigenvalue weighted by Crippen LogP contribution is 2.40. The summed E-state index contributed by atoms with van der Waals surface area (Å²) >= 11 is 0. The lowest BCUT2D eigenvalue weighted by molar-refractivity contribution is -0.207. The topological polar surface area (TPSA) is 26.3 Å². The largest absolute Gasteiger partial charge is 0.459 e. The number of halogens is 7. The quantitative estimate of drug-likeness (QED) is 0.267. The van der Waals surface area contributed by atoms with Gasteiger partial charge in [0, 0.05) is 12.0 Å². The number of alkyl halides is 7. The molecule has 0 bridgehead atoms. The van der Waals surface area contributed by atoms with E-state index in [9.17, 15) is 35.5 Å². The van der Waals surface area contributed by atoms with Crippen molar-refractivity contribution >= 4 is 5.97 Å². The van der Waals surface area contributed by atoms with Crippen LogP contribution in [0.3, 0.4) is 0 Å². The van der Waals surface area contributed by atoms with E-state index < -0.39 is 55.8 Å². The summed E-state index contributed by atoms with van der Waals surface area (Å²) in [5.74, 6) is -9.40. The van der Waals surface area contributed by atoms with Crippen molar-refractivity contribution in [1.82, 2.24) is 0 Å². The molecule has 1 atom stereocenters. The minimum atomic E-state index is -5.24. The lowest BCUT2D eigenvalue weighted by Gasteiger charge is -2.26. The first-order valence-corrected chi connectivity index (χ1v) is 7.72. The van der Waals surface area contributed by atoms with Crippen molar-refractivity contribution in [2.45, 2.75) is 77.0 Å². The van der Waals surface area contributed by atoms with Crippen LogP contribution in [-0.2, 0) is 9.53 Å². The van der Waals surface area contributed by atoms with Crippen LogP contribution in [0, 0.1) is 5.92 Å². The van der Waals surface area contributed by atoms with Crippen LogP contribution < -0.4 is 0 Å². The standard InChI is InChI=1S/C16H23F7O2/c1-10(2)7-12(25-13(24)11(3)4)5-6-14(17,18)8-15(19,20)9-16(21,22)23/h10,12H,3,5-9H2,1-2,4H3. The van der Waals surface area contributed by atoms with Crippen molar-refractivity contribution in [3.63, 3.8) is 0 Å². The van der Waals surface area contributed by atoms with E-state index in [0.29, 0.717) is 0 Å². The maximum Gasteiger partial charge on any atom is 0.394 e. The van der Waals surface area contributed by atoms with Gasteiger partial charge in [-0.15, -0.1) is 0 Å². The van der Waals surface area contributed by atoms with Crippen molar-refractivity contribution in [1.29, 1.82) is 0 Å². The van der Waals surface area contributed by atoms with E-state index in [1.807, 2.05) is 0 Å². The van der Waals surface area contributed by atoms with Gasteiger partial charge >= 0.3 is 12.1 Å². The summed E-state index contributed by atoms with van der Waals surface area (Å²) in [5.41, 5.74) is 0.0530. The van der Waals surface area contributed by atoms with Gasteiger partial charge < -0.3 is 4.74 Å². The minimum absolute atomic E-state index is 0.0248. The molecule has 0 saturated carbocycles. The lowest BCUT2D eigenvalue weighted by atomic mass is 9.97. The molecule has 0 aromatic rings. The number of hydrogen-bond acceptors (Lipinski definition) is 2. The van der Waals surface area contributed by atoms with Crippen LogP contribution in [-0.4, -0.2) is 30.1 Å². The monoisotopic (exact) mass is 380 g/mol. The summed E-state index contributed by atoms with van der Waals surface area (Å²) in [4.78, 5) is 11.5. The summed E-state index contributed by atoms with van der Waals surface area (Å²) < 4.78 is 94.7. The smallest absolute Gasteiger partial charge is 0.394 e. The van der Waals surface area contributed by atoms with E-state index in [-0.39, 0.29) is 17.9 Å². The Labute approximate surface area is 142 Å². The number of rotatable bonds is 10. The number of esters is 1. The molecule has 0 heterocycles. The molecule has 1 unspecified atom stereocenters. The van der Waals surface area contributed by atoms with Crippen LogP contribution in [0.15, 0.2) is 12.2 Å². The van der Waals surface area contributed by atoms with Crippen LogP contribution in [0.2, 0.25) is 0 Å². The van der Waals surface area contributed by atoms with E-state index in [4.69, 9.17) is 4.74 Å². The fraction of sp³-hybridized carbons (Fsp3) is 0.812. The van der Waals surface area contributed by atoms with E-state index in [0.717, 1.165) is 0 Å². The van der Waals surface area contributed by atoms with E-state index in [1.165, 1.54) is 6.92 Å². The fourth-order valence-electron chi connectivity index (χ4n) is 2.20. The molecule has 9 heteroatoms. The minimum Gasteiger partial charge on any atom is -0.459 e. The Morgan fingerprint density at radius 3 is 1.92 bits per heavy atom. The first-order valence-electron chi connectivity index (χ1n) is 7.72. The molecule has 0 aliphatic carbocycles. The van der Waals surface area contributed by atoms with Crippen LogP contribution in [0.5, 0.6) is 0 Å². The molecular formula is C16H23F7O2. The molecule has 0 aliphatic heterocycles. The zero-order valence-electron chi connectivity index (χ0n) is 14.4. The summed E-state index contributed by atoms with van der Waals surface area (Å²) in [6.45, 7) is 8.21. The third-order valence-electron chi connectivity index (χ3n) is 3.16. The second-order valence-corrected chi connectivity index (χ2v) is 6.66. The summed E-state index contributed by atoms with van der Waals surface area (Å²) in [7, 11) is 0. The molecule has 0 N–H and O–H groups in total. The van der Waals surface area contributed by atoms with Gasteiger partial charge in [-0.3, -0.25) is 0 Å². The molecular weight excluding hydrogens is 357 g/mol. The SMILES string of the molecule is C=C(C)C(=O)OC(CCC(F)(F)CC(F)(F)CC(F)(F)F)CC(C)C. The summed E-state index contributed by atoms with van der Waals surface area (Å²) in [6.07, 6.45) is -12.3. The van der Waals surface area contributed by atoms with Crippen LogP contribution in [0.4, 0.5) is 30.7 Å². The average Bonchev–Trinajstić information content (AvgIpc) is 2.30. The van der Waals surface area contributed by atoms with Crippen molar-refractivity contribution in [3.05, 3.63) is 12.2 Å². The number of carbonyl (C=O) groups is 1. The highest BCUT2D eigenvalue weighted by molar-refractivity contribution is 5.87. The van der Waals surface area contributed by atoms with Crippen molar-refractivity contribution in [3.8, 4) is 0 Å². The summed E-state index contributed by atoms with van der Waals surface area (Å²) in [5, 5.41) is 0. The van der Waals surface area contributed by atoms with Gasteiger partial charge in [0.25, 0.3) is 11.8 Å². The number of ether oxygens (including phenoxy) is 1. The van der Waals surface area contributed by atoms with Gasteiger partial charge in [-0.25, -0.2) is 22.4 Å². The van der Waals surface area contributed by atoms with Gasteiger partial charge in [-0.1, -0.05) is 20.4 Å². The van der Waals surface area contributed by atoms with Crippen molar-refractivity contribution in [2.24, 2.45) is 5.92 Å². The third-order valence-corrected chi connectivity index (χ3v) is 3.16. The molecule has 2 nitrogen and oxygen atoms in total. The highest BCUT2D eigenvalue weighted by Gasteiger charge is 2.49. The molecule has 0 fully saturated rings. The Hall–Kier alpha value is -1.28. The molecule has 0 rings (SSSR count). The zero-order valence-corrected chi connectivity index (χ0v) is 14.4. The first kappa shape index (κ1) is 23.7. The van der Waals surface area contributed by atoms with Gasteiger partial charge in [0.05, 0.1) is 6.42 Å². The fourth-order valence-corrected chi connectivity index (χ4v) is 2.20. The Morgan fingerprint density at radius 1 is 1.00 bits per heavy atom. The molecule has 148 valence electrons. The second kappa shape index (κ2) is 8.89. The first-order chi connectivity index (χ1) is 11.0. The Bertz CT molecular complexity index is 456. The molecule has 0 aliphatic rings. The van der Waals surface area contributed by atoms with Gasteiger partial charge in [0.1, 0.15) is 12.5 Å². The van der Waals surface area contributed by atoms with Gasteiger partial charge in [0.15, 0.2) is 0 Å². The average molecular weight is 380 g/mol. The van der Waals surface area contributed by atoms with Crippen molar-refractivity contribution < 1.29 is 40.3 Å². The van der Waals surface area contributed by atoms with E-state index in [2.05, 4.69) is 6.58 Å². The van der Waals surface area contributed by atoms with E-state index >= 15 is 0 Å². The molecule has 0 saturated heterocycles. The van der Waals surface area contributed by atoms with Gasteiger partial charge in [-0.2, -0.15) is 13.2 Å². The lowest BCUT2D eigenvalue weighted by Crippen LogP contribution is -2.34. The van der Waals surface area contributed by atoms with Crippen LogP contribution in [0.25, 0.3) is 0 Å². The van der Waals surface area contributed by atoms with Gasteiger partial charge in [0.2, 0.25) is 0 Å². The van der Waals surface area contributed by atoms with Crippen molar-refractivity contribution in [2.75, 3.05) is 0 Å². The molecule has 0 amide bonds. The number of hydrogen-bond donors (Lipinski definition) is 0. The predicted molar refractivity (Wildman–Crippen MR) is 78.6 cm³/mol. The zero-order chi connectivity index (χ0) is 20.1. The number of carbonyl (C=O) groups excluding carboxylic acids is 1. The Morgan fingerprint density at radius 2 is 1.52 bits per heavy atom. The Balaban J connectivity index is 4.82. The maximum atomic E-state index is 13.7. The summed E-state index contributed by atoms with van der Waals surface area (Å²) in [6, 6.07) is 0.